The second kappa shape index (κ2) is 57.9. The number of amides is 16. The summed E-state index contributed by atoms with van der Waals surface area (Å²) in [5.74, 6) is -20.2. The van der Waals surface area contributed by atoms with Gasteiger partial charge in [0.25, 0.3) is 0 Å². The van der Waals surface area contributed by atoms with Gasteiger partial charge in [-0.25, -0.2) is 4.79 Å². The number of phenolic OH excluding ortho intramolecular Hbond substituents is 2. The van der Waals surface area contributed by atoms with Gasteiger partial charge in [0.2, 0.25) is 94.5 Å². The van der Waals surface area contributed by atoms with Crippen LogP contribution in [0, 0.1) is 17.8 Å². The molecule has 1 fully saturated rings. The first kappa shape index (κ1) is 115. The number of phenols is 2. The number of aliphatic imine (C=N–C) groups is 1. The number of carbonyl (C=O) groups is 17. The molecule has 1 heterocycles. The summed E-state index contributed by atoms with van der Waals surface area (Å²) in [5, 5.41) is 86.1. The van der Waals surface area contributed by atoms with Crippen molar-refractivity contribution in [3.63, 3.8) is 0 Å². The van der Waals surface area contributed by atoms with Crippen LogP contribution in [0.4, 0.5) is 0 Å². The number of hydrogen-bond acceptors (Lipinski definition) is 30. The Hall–Kier alpha value is -11.3. The third-order valence-corrected chi connectivity index (χ3v) is 22.5. The van der Waals surface area contributed by atoms with Gasteiger partial charge in [-0.1, -0.05) is 78.6 Å². The summed E-state index contributed by atoms with van der Waals surface area (Å²) in [6.07, 6.45) is -3.34. The fourth-order valence-corrected chi connectivity index (χ4v) is 14.1. The Balaban J connectivity index is 1.91. The van der Waals surface area contributed by atoms with Crippen LogP contribution in [-0.2, 0) is 94.3 Å². The van der Waals surface area contributed by atoms with E-state index in [1.54, 1.807) is 41.5 Å². The van der Waals surface area contributed by atoms with Gasteiger partial charge in [-0.15, -0.1) is 0 Å². The van der Waals surface area contributed by atoms with E-state index in [4.69, 9.17) is 51.6 Å². The summed E-state index contributed by atoms with van der Waals surface area (Å²) < 4.78 is -1.60. The fourth-order valence-electron chi connectivity index (χ4n) is 13.7. The average Bonchev–Trinajstić information content (AvgIpc) is 1.59. The number of benzene rings is 2. The summed E-state index contributed by atoms with van der Waals surface area (Å²) in [7, 11) is 0. The number of rotatable bonds is 60. The fraction of sp³-hybridized carbons (Fsp3) is 0.639. The highest BCUT2D eigenvalue weighted by Gasteiger charge is 2.45. The van der Waals surface area contributed by atoms with Gasteiger partial charge in [0, 0.05) is 42.9 Å². The van der Waals surface area contributed by atoms with Gasteiger partial charge in [0.05, 0.1) is 25.2 Å². The van der Waals surface area contributed by atoms with E-state index in [0.29, 0.717) is 24.0 Å². The monoisotopic (exact) mass is 1900 g/mol. The molecule has 0 bridgehead atoms. The lowest BCUT2D eigenvalue weighted by atomic mass is 9.94. The Labute approximate surface area is 777 Å². The molecule has 0 unspecified atom stereocenters. The molecule has 0 radical (unpaired) electrons. The zero-order chi connectivity index (χ0) is 99.6. The van der Waals surface area contributed by atoms with E-state index in [1.165, 1.54) is 67.3 Å². The predicted molar refractivity (Wildman–Crippen MR) is 491 cm³/mol. The molecule has 16 amide bonds. The number of carboxylic acids is 1. The minimum Gasteiger partial charge on any atom is -0.508 e. The number of unbranched alkanes of at least 4 members (excludes halogenated alkanes) is 1. The highest BCUT2D eigenvalue weighted by Crippen LogP contribution is 2.25. The van der Waals surface area contributed by atoms with Crippen molar-refractivity contribution < 1.29 is 107 Å². The Morgan fingerprint density at radius 1 is 0.462 bits per heavy atom. The highest BCUT2D eigenvalue weighted by atomic mass is 32.1. The molecule has 0 aromatic heterocycles. The molecular weight excluding hydrogens is 1760 g/mol. The SMILES string of the molecule is CC[C@H](C)[C@H](NC(=O)[C@@H](NC(=O)[C@@H]1C[C@@H](O)CN1C(=O)[C@@H](N)C(C)C)[C@@H](C)CC)C(=O)N[C@@H](Cc1ccc(O)cc1)C(=O)N[C@H](C(=O)N[C@@H](CC(N)=O)C(=O)N[C@@H](CCCN=C(N)N)C(=O)N[C@@H](CCN)C(=O)N[C@@H](CO)C(=O)N[C@H](CCN)C(=O)N[C@@H](CCCCN)C(=O)N[C@@H](CS)C(=O)N[C@@H](CCN)C(=O)N[C@@H](CCN)C(=O)N[C@@H](Cc1ccc(O)cc1)C(=O)O)C(C)(C)S. The zero-order valence-corrected chi connectivity index (χ0v) is 77.6. The molecular formula is C83H139N25O22S2. The Morgan fingerprint density at radius 3 is 1.20 bits per heavy atom. The second-order valence-corrected chi connectivity index (χ2v) is 34.9. The van der Waals surface area contributed by atoms with Crippen molar-refractivity contribution in [2.45, 2.75) is 259 Å². The number of carbonyl (C=O) groups excluding carboxylic acids is 16. The van der Waals surface area contributed by atoms with Crippen LogP contribution < -0.4 is 126 Å². The van der Waals surface area contributed by atoms with Crippen LogP contribution in [0.15, 0.2) is 53.5 Å². The number of aromatic hydroxyl groups is 2. The van der Waals surface area contributed by atoms with Gasteiger partial charge >= 0.3 is 5.97 Å². The average molecular weight is 1900 g/mol. The van der Waals surface area contributed by atoms with Crippen molar-refractivity contribution in [1.29, 1.82) is 0 Å². The quantitative estimate of drug-likeness (QED) is 0.0127. The number of nitrogens with two attached hydrogens (primary N) is 9. The first-order chi connectivity index (χ1) is 62.2. The zero-order valence-electron chi connectivity index (χ0n) is 75.8. The number of guanidine groups is 1. The Bertz CT molecular complexity index is 4210. The van der Waals surface area contributed by atoms with Crippen LogP contribution >= 0.6 is 25.3 Å². The minimum absolute atomic E-state index is 0.0814. The van der Waals surface area contributed by atoms with Crippen LogP contribution in [0.25, 0.3) is 0 Å². The highest BCUT2D eigenvalue weighted by molar-refractivity contribution is 7.81. The molecule has 132 heavy (non-hydrogen) atoms. The molecule has 3 rings (SSSR count). The number of carboxylic acid groups (broad SMARTS) is 1. The summed E-state index contributed by atoms with van der Waals surface area (Å²) in [6.45, 7) is 10.6. The summed E-state index contributed by atoms with van der Waals surface area (Å²) in [5.41, 5.74) is 53.0. The van der Waals surface area contributed by atoms with Crippen molar-refractivity contribution in [1.82, 2.24) is 79.3 Å². The number of likely N-dealkylation sites (tertiary alicyclic amines) is 1. The molecule has 1 aliphatic heterocycles. The van der Waals surface area contributed by atoms with Crippen LogP contribution in [0.2, 0.25) is 0 Å². The number of aliphatic carboxylic acids is 1. The maximum Gasteiger partial charge on any atom is 0.326 e. The topological polar surface area (TPSA) is 810 Å². The van der Waals surface area contributed by atoms with Gasteiger partial charge in [-0.05, 0) is 158 Å². The van der Waals surface area contributed by atoms with Gasteiger partial charge < -0.3 is 156 Å². The van der Waals surface area contributed by atoms with Crippen LogP contribution in [0.3, 0.4) is 0 Å². The van der Waals surface area contributed by atoms with Gasteiger partial charge in [-0.3, -0.25) is 81.7 Å². The van der Waals surface area contributed by atoms with E-state index in [2.05, 4.69) is 105 Å². The van der Waals surface area contributed by atoms with E-state index in [1.807, 2.05) is 0 Å². The predicted octanol–water partition coefficient (Wildman–Crippen LogP) is -9.12. The summed E-state index contributed by atoms with van der Waals surface area (Å²) >= 11 is 8.88. The van der Waals surface area contributed by atoms with Crippen LogP contribution in [0.5, 0.6) is 11.5 Å². The van der Waals surface area contributed by atoms with Crippen molar-refractivity contribution >= 4 is 132 Å². The number of hydrogen-bond donors (Lipinski definition) is 30. The minimum atomic E-state index is -1.98. The maximum absolute atomic E-state index is 14.9. The third kappa shape index (κ3) is 38.5. The molecule has 19 atom stereocenters. The van der Waals surface area contributed by atoms with Gasteiger partial charge in [0.1, 0.15) is 102 Å². The third-order valence-electron chi connectivity index (χ3n) is 21.9. The Kier molecular flexibility index (Phi) is 50.3. The lowest BCUT2D eigenvalue weighted by Crippen LogP contribution is -2.64. The van der Waals surface area contributed by atoms with Gasteiger partial charge in [0.15, 0.2) is 5.96 Å². The Morgan fingerprint density at radius 2 is 0.818 bits per heavy atom. The molecule has 1 aliphatic rings. The molecule has 49 heteroatoms. The van der Waals surface area contributed by atoms with Crippen molar-refractivity contribution in [3.8, 4) is 11.5 Å². The number of primary amides is 1. The first-order valence-electron chi connectivity index (χ1n) is 43.7. The lowest BCUT2D eigenvalue weighted by molar-refractivity contribution is -0.142. The number of aliphatic hydroxyl groups excluding tert-OH is 2. The molecule has 740 valence electrons. The molecule has 2 aromatic rings. The largest absolute Gasteiger partial charge is 0.508 e. The molecule has 0 saturated carbocycles. The van der Waals surface area contributed by atoms with Crippen LogP contribution in [0.1, 0.15) is 150 Å². The second-order valence-electron chi connectivity index (χ2n) is 33.3. The number of β-amino-alcohol motifs (C(OH)–C–C–N with tert-alkyl or cyclic N) is 1. The molecule has 0 spiro atoms. The number of nitrogens with zero attached hydrogens (tertiary/aromatic N) is 2. The van der Waals surface area contributed by atoms with Crippen molar-refractivity contribution in [2.24, 2.45) is 74.3 Å². The molecule has 47 nitrogen and oxygen atoms in total. The lowest BCUT2D eigenvalue weighted by Gasteiger charge is -2.33. The molecule has 2 aromatic carbocycles. The normalized spacial score (nSPS) is 16.9. The number of aliphatic hydroxyl groups is 2. The van der Waals surface area contributed by atoms with E-state index >= 15 is 0 Å². The molecule has 37 N–H and O–H groups in total. The van der Waals surface area contributed by atoms with E-state index in [-0.39, 0.29) is 140 Å². The number of nitrogens with one attached hydrogen (secondary N) is 14. The van der Waals surface area contributed by atoms with E-state index in [0.717, 1.165) is 0 Å². The number of thiol groups is 2. The van der Waals surface area contributed by atoms with Crippen molar-refractivity contribution in [3.05, 3.63) is 59.7 Å². The molecule has 0 aliphatic carbocycles. The molecule has 1 saturated heterocycles. The standard InChI is InChI=1S/C83H139N25O22S2/c1-9-42(5)63(106-78(126)64(43(6)10-2)105-76(124)60-36-48(112)38-108(60)80(128)62(90)41(3)4)77(125)100-55(34-44-16-20-46(110)21-17-44)73(121)107-65(83(7,8)132)79(127)101-56(37-61(89)113)72(120)95-50(15-13-33-93-82(91)92)66(114)96-54(27-32-88)71(119)103-58(39-109)74(122)98-51(24-29-85)68(116)94-49(14-11-12-28-84)67(115)104-59(40-131)75(123)99-52(25-30-86)69(117)97-53(26-31-87)70(118)102-57(81(129)130)35-45-18-22-47(111)23-19-45/h16-23,41-43,48-60,62-65,109-112,131-132H,9-15,24-40,84-88,90H2,1-8H3,(H2,89,113)(H,94,116)(H,95,120)(H,96,114)(H,97,117)(H,98,122)(H,99,123)(H,100,125)(H,101,127)(H,102,118)(H,103,119)(H,104,115)(H,105,124)(H,106,126)(H,107,121)(H,129,130)(H4,91,92,93)/t42-,43-,48+,49-,50-,51+,52-,53-,54-,55-,56-,57-,58-,59-,60-,62-,63-,64-,65+/m0/s1. The summed E-state index contributed by atoms with van der Waals surface area (Å²) in [4.78, 5) is 244. The maximum atomic E-state index is 14.9. The van der Waals surface area contributed by atoms with E-state index in [9.17, 15) is 107 Å². The summed E-state index contributed by atoms with van der Waals surface area (Å²) in [6, 6.07) is -13.7. The smallest absolute Gasteiger partial charge is 0.326 e. The first-order valence-corrected chi connectivity index (χ1v) is 44.8. The van der Waals surface area contributed by atoms with Gasteiger partial charge in [-0.2, -0.15) is 25.3 Å². The van der Waals surface area contributed by atoms with E-state index < -0.39 is 245 Å². The van der Waals surface area contributed by atoms with Crippen molar-refractivity contribution in [2.75, 3.05) is 58.2 Å². The van der Waals surface area contributed by atoms with Crippen LogP contribution in [-0.4, -0.2) is 303 Å².